The Bertz CT molecular complexity index is 465. The van der Waals surface area contributed by atoms with E-state index in [0.717, 1.165) is 17.9 Å². The highest BCUT2D eigenvalue weighted by molar-refractivity contribution is 6.29. The molecule has 0 aliphatic heterocycles. The Balaban J connectivity index is 2.13. The molecule has 0 bridgehead atoms. The van der Waals surface area contributed by atoms with Crippen LogP contribution in [-0.4, -0.2) is 14.8 Å². The minimum Gasteiger partial charge on any atom is -0.453 e. The molecule has 2 aromatic heterocycles. The molecule has 0 saturated heterocycles. The molecule has 16 heavy (non-hydrogen) atoms. The molecule has 0 aromatic carbocycles. The molecular formula is C10H13ClN4O. The van der Waals surface area contributed by atoms with Crippen LogP contribution in [0.15, 0.2) is 23.1 Å². The summed E-state index contributed by atoms with van der Waals surface area (Å²) in [5.74, 6) is 0.854. The number of furan rings is 1. The fourth-order valence-electron chi connectivity index (χ4n) is 1.59. The number of rotatable bonds is 4. The quantitative estimate of drug-likeness (QED) is 0.885. The number of hydrogen-bond acceptors (Lipinski definition) is 4. The zero-order valence-electron chi connectivity index (χ0n) is 8.93. The standard InChI is InChI=1S/C10H13ClN4O/c1-2-15-9(13-6-14-15)5-8(12)7-3-4-16-10(7)11/h3-4,6,8H,2,5,12H2,1H3. The molecule has 6 heteroatoms. The summed E-state index contributed by atoms with van der Waals surface area (Å²) in [5, 5.41) is 4.43. The van der Waals surface area contributed by atoms with E-state index in [1.807, 2.05) is 11.6 Å². The summed E-state index contributed by atoms with van der Waals surface area (Å²) in [6, 6.07) is 1.56. The van der Waals surface area contributed by atoms with E-state index in [-0.39, 0.29) is 6.04 Å². The predicted molar refractivity (Wildman–Crippen MR) is 60.0 cm³/mol. The third kappa shape index (κ3) is 2.10. The first-order valence-electron chi connectivity index (χ1n) is 5.07. The lowest BCUT2D eigenvalue weighted by atomic mass is 10.1. The first-order chi connectivity index (χ1) is 7.72. The molecule has 0 amide bonds. The molecule has 0 saturated carbocycles. The van der Waals surface area contributed by atoms with Gasteiger partial charge in [0.15, 0.2) is 5.22 Å². The van der Waals surface area contributed by atoms with Gasteiger partial charge in [0.05, 0.1) is 6.26 Å². The summed E-state index contributed by atoms with van der Waals surface area (Å²) in [6.45, 7) is 2.79. The number of halogens is 1. The van der Waals surface area contributed by atoms with Gasteiger partial charge < -0.3 is 10.2 Å². The number of hydrogen-bond donors (Lipinski definition) is 1. The minimum absolute atomic E-state index is 0.222. The molecule has 0 aliphatic rings. The lowest BCUT2D eigenvalue weighted by molar-refractivity contribution is 0.552. The minimum atomic E-state index is -0.222. The van der Waals surface area contributed by atoms with Crippen LogP contribution in [0, 0.1) is 0 Å². The van der Waals surface area contributed by atoms with Crippen LogP contribution in [0.4, 0.5) is 0 Å². The van der Waals surface area contributed by atoms with Crippen LogP contribution in [-0.2, 0) is 13.0 Å². The predicted octanol–water partition coefficient (Wildman–Crippen LogP) is 1.79. The largest absolute Gasteiger partial charge is 0.453 e. The van der Waals surface area contributed by atoms with Crippen molar-refractivity contribution in [3.8, 4) is 0 Å². The van der Waals surface area contributed by atoms with Crippen molar-refractivity contribution in [1.29, 1.82) is 0 Å². The van der Waals surface area contributed by atoms with Crippen LogP contribution in [0.5, 0.6) is 0 Å². The van der Waals surface area contributed by atoms with Crippen LogP contribution in [0.25, 0.3) is 0 Å². The monoisotopic (exact) mass is 240 g/mol. The maximum absolute atomic E-state index is 6.03. The molecular weight excluding hydrogens is 228 g/mol. The van der Waals surface area contributed by atoms with Crippen molar-refractivity contribution in [2.24, 2.45) is 5.73 Å². The smallest absolute Gasteiger partial charge is 0.197 e. The van der Waals surface area contributed by atoms with Gasteiger partial charge in [-0.3, -0.25) is 4.68 Å². The number of nitrogens with zero attached hydrogens (tertiary/aromatic N) is 3. The van der Waals surface area contributed by atoms with Crippen molar-refractivity contribution >= 4 is 11.6 Å². The summed E-state index contributed by atoms with van der Waals surface area (Å²) >= 11 is 5.86. The van der Waals surface area contributed by atoms with Gasteiger partial charge in [0, 0.05) is 24.6 Å². The van der Waals surface area contributed by atoms with Gasteiger partial charge in [0.2, 0.25) is 0 Å². The first kappa shape index (κ1) is 11.2. The van der Waals surface area contributed by atoms with Crippen LogP contribution < -0.4 is 5.73 Å². The van der Waals surface area contributed by atoms with Crippen LogP contribution in [0.3, 0.4) is 0 Å². The number of aromatic nitrogens is 3. The lowest BCUT2D eigenvalue weighted by Gasteiger charge is -2.09. The first-order valence-corrected chi connectivity index (χ1v) is 5.45. The summed E-state index contributed by atoms with van der Waals surface area (Å²) in [4.78, 5) is 4.16. The Labute approximate surface area is 98.2 Å². The fourth-order valence-corrected chi connectivity index (χ4v) is 1.84. The van der Waals surface area contributed by atoms with Crippen LogP contribution >= 0.6 is 11.6 Å². The van der Waals surface area contributed by atoms with Crippen molar-refractivity contribution < 1.29 is 4.42 Å². The number of nitrogens with two attached hydrogens (primary N) is 1. The van der Waals surface area contributed by atoms with Crippen molar-refractivity contribution in [1.82, 2.24) is 14.8 Å². The molecule has 0 fully saturated rings. The summed E-state index contributed by atoms with van der Waals surface area (Å²) < 4.78 is 6.82. The zero-order valence-corrected chi connectivity index (χ0v) is 9.68. The van der Waals surface area contributed by atoms with E-state index in [4.69, 9.17) is 21.8 Å². The average Bonchev–Trinajstić information content (AvgIpc) is 2.86. The SMILES string of the molecule is CCn1ncnc1CC(N)c1ccoc1Cl. The molecule has 86 valence electrons. The molecule has 2 N–H and O–H groups in total. The second kappa shape index (κ2) is 4.67. The molecule has 2 rings (SSSR count). The molecule has 5 nitrogen and oxygen atoms in total. The van der Waals surface area contributed by atoms with Crippen molar-refractivity contribution in [3.63, 3.8) is 0 Å². The molecule has 2 heterocycles. The molecule has 0 spiro atoms. The lowest BCUT2D eigenvalue weighted by Crippen LogP contribution is -2.16. The van der Waals surface area contributed by atoms with Crippen molar-refractivity contribution in [2.75, 3.05) is 0 Å². The van der Waals surface area contributed by atoms with Gasteiger partial charge in [-0.25, -0.2) is 4.98 Å². The Morgan fingerprint density at radius 3 is 3.06 bits per heavy atom. The highest BCUT2D eigenvalue weighted by Gasteiger charge is 2.15. The van der Waals surface area contributed by atoms with Gasteiger partial charge in [-0.15, -0.1) is 0 Å². The third-order valence-electron chi connectivity index (χ3n) is 2.44. The van der Waals surface area contributed by atoms with Crippen molar-refractivity contribution in [3.05, 3.63) is 35.3 Å². The molecule has 1 unspecified atom stereocenters. The van der Waals surface area contributed by atoms with Gasteiger partial charge in [-0.1, -0.05) is 0 Å². The molecule has 0 aliphatic carbocycles. The summed E-state index contributed by atoms with van der Waals surface area (Å²) in [6.07, 6.45) is 3.65. The average molecular weight is 241 g/mol. The highest BCUT2D eigenvalue weighted by atomic mass is 35.5. The Hall–Kier alpha value is -1.33. The molecule has 0 radical (unpaired) electrons. The van der Waals surface area contributed by atoms with E-state index >= 15 is 0 Å². The second-order valence-electron chi connectivity index (χ2n) is 3.45. The van der Waals surface area contributed by atoms with Gasteiger partial charge in [0.1, 0.15) is 12.2 Å². The van der Waals surface area contributed by atoms with E-state index in [2.05, 4.69) is 10.1 Å². The van der Waals surface area contributed by atoms with E-state index < -0.39 is 0 Å². The normalized spacial score (nSPS) is 12.9. The Kier molecular flexibility index (Phi) is 3.26. The zero-order chi connectivity index (χ0) is 11.5. The van der Waals surface area contributed by atoms with Gasteiger partial charge in [-0.05, 0) is 24.6 Å². The molecule has 1 atom stereocenters. The van der Waals surface area contributed by atoms with Crippen LogP contribution in [0.1, 0.15) is 24.4 Å². The highest BCUT2D eigenvalue weighted by Crippen LogP contribution is 2.24. The van der Waals surface area contributed by atoms with E-state index in [0.29, 0.717) is 11.6 Å². The third-order valence-corrected chi connectivity index (χ3v) is 2.75. The Morgan fingerprint density at radius 2 is 2.44 bits per heavy atom. The molecule has 2 aromatic rings. The van der Waals surface area contributed by atoms with E-state index in [1.54, 1.807) is 6.07 Å². The van der Waals surface area contributed by atoms with E-state index in [1.165, 1.54) is 12.6 Å². The maximum atomic E-state index is 6.03. The van der Waals surface area contributed by atoms with Gasteiger partial charge in [0.25, 0.3) is 0 Å². The van der Waals surface area contributed by atoms with E-state index in [9.17, 15) is 0 Å². The topological polar surface area (TPSA) is 69.9 Å². The summed E-state index contributed by atoms with van der Waals surface area (Å²) in [5.41, 5.74) is 6.83. The second-order valence-corrected chi connectivity index (χ2v) is 3.80. The van der Waals surface area contributed by atoms with Gasteiger partial charge in [-0.2, -0.15) is 5.10 Å². The Morgan fingerprint density at radius 1 is 1.62 bits per heavy atom. The fraction of sp³-hybridized carbons (Fsp3) is 0.400. The van der Waals surface area contributed by atoms with Crippen LogP contribution in [0.2, 0.25) is 5.22 Å². The van der Waals surface area contributed by atoms with Crippen molar-refractivity contribution in [2.45, 2.75) is 25.9 Å². The van der Waals surface area contributed by atoms with Gasteiger partial charge >= 0.3 is 0 Å². The number of aryl methyl sites for hydroxylation is 1. The maximum Gasteiger partial charge on any atom is 0.197 e. The summed E-state index contributed by atoms with van der Waals surface area (Å²) in [7, 11) is 0.